The number of para-hydroxylation sites is 1. The number of H-pyrrole nitrogens is 1. The molecular formula is C10H7NO4. The number of aromatic amines is 1. The van der Waals surface area contributed by atoms with Gasteiger partial charge in [0.25, 0.3) is 0 Å². The molecule has 0 aliphatic carbocycles. The molecule has 15 heavy (non-hydrogen) atoms. The number of phenolic OH excluding ortho intramolecular Hbond substituents is 1. The highest BCUT2D eigenvalue weighted by molar-refractivity contribution is 6.03. The smallest absolute Gasteiger partial charge is 0.336 e. The number of phenols is 1. The number of nitrogens with one attached hydrogen (secondary N) is 1. The van der Waals surface area contributed by atoms with Gasteiger partial charge in [-0.05, 0) is 6.07 Å². The number of fused-ring (bicyclic) bond motifs is 1. The summed E-state index contributed by atoms with van der Waals surface area (Å²) in [5.74, 6) is -1.34. The maximum absolute atomic E-state index is 11.1. The lowest BCUT2D eigenvalue weighted by Crippen LogP contribution is -2.10. The van der Waals surface area contributed by atoms with Crippen molar-refractivity contribution in [1.29, 1.82) is 0 Å². The van der Waals surface area contributed by atoms with Gasteiger partial charge in [0.1, 0.15) is 5.75 Å². The Bertz CT molecular complexity index is 600. The predicted octanol–water partition coefficient (Wildman–Crippen LogP) is 0.932. The number of hydrogen-bond donors (Lipinski definition) is 3. The Hall–Kier alpha value is -2.30. The Morgan fingerprint density at radius 1 is 1.33 bits per heavy atom. The first-order valence-corrected chi connectivity index (χ1v) is 4.18. The topological polar surface area (TPSA) is 90.4 Å². The average Bonchev–Trinajstić information content (AvgIpc) is 2.18. The zero-order valence-corrected chi connectivity index (χ0v) is 7.52. The number of benzene rings is 1. The number of aromatic nitrogens is 1. The summed E-state index contributed by atoms with van der Waals surface area (Å²) in [7, 11) is 0. The third-order valence-corrected chi connectivity index (χ3v) is 2.09. The highest BCUT2D eigenvalue weighted by atomic mass is 16.4. The predicted molar refractivity (Wildman–Crippen MR) is 53.2 cm³/mol. The second-order valence-electron chi connectivity index (χ2n) is 3.05. The summed E-state index contributed by atoms with van der Waals surface area (Å²) in [6.07, 6.45) is 0. The lowest BCUT2D eigenvalue weighted by molar-refractivity contribution is 0.0699. The van der Waals surface area contributed by atoms with Crippen molar-refractivity contribution in [1.82, 2.24) is 4.98 Å². The molecular weight excluding hydrogens is 198 g/mol. The molecule has 0 unspecified atom stereocenters. The van der Waals surface area contributed by atoms with Crippen molar-refractivity contribution in [3.63, 3.8) is 0 Å². The van der Waals surface area contributed by atoms with Gasteiger partial charge in [0.15, 0.2) is 0 Å². The maximum Gasteiger partial charge on any atom is 0.336 e. The molecule has 0 aliphatic rings. The molecule has 1 heterocycles. The van der Waals surface area contributed by atoms with E-state index in [1.165, 1.54) is 18.2 Å². The molecule has 0 atom stereocenters. The summed E-state index contributed by atoms with van der Waals surface area (Å²) in [6.45, 7) is 0. The van der Waals surface area contributed by atoms with Crippen LogP contribution in [-0.2, 0) is 0 Å². The molecule has 3 N–H and O–H groups in total. The first-order valence-electron chi connectivity index (χ1n) is 4.18. The normalized spacial score (nSPS) is 10.4. The van der Waals surface area contributed by atoms with Gasteiger partial charge in [-0.15, -0.1) is 0 Å². The molecule has 1 aromatic heterocycles. The van der Waals surface area contributed by atoms with Crippen molar-refractivity contribution in [3.8, 4) is 5.75 Å². The standard InChI is InChI=1S/C10H7NO4/c12-7-3-1-2-5-6(10(14)15)4-8(13)11-9(5)7/h1-4,12H,(H,11,13)(H,14,15). The van der Waals surface area contributed by atoms with E-state index in [1.807, 2.05) is 0 Å². The van der Waals surface area contributed by atoms with Gasteiger partial charge in [0.2, 0.25) is 5.56 Å². The minimum absolute atomic E-state index is 0.121. The molecule has 0 fully saturated rings. The Balaban J connectivity index is 2.99. The molecule has 76 valence electrons. The van der Waals surface area contributed by atoms with Crippen molar-refractivity contribution >= 4 is 16.9 Å². The molecule has 5 nitrogen and oxygen atoms in total. The number of carboxylic acids is 1. The molecule has 2 aromatic rings. The molecule has 2 rings (SSSR count). The van der Waals surface area contributed by atoms with Crippen LogP contribution >= 0.6 is 0 Å². The zero-order valence-electron chi connectivity index (χ0n) is 7.52. The van der Waals surface area contributed by atoms with Gasteiger partial charge < -0.3 is 15.2 Å². The van der Waals surface area contributed by atoms with Crippen molar-refractivity contribution in [3.05, 3.63) is 40.2 Å². The summed E-state index contributed by atoms with van der Waals surface area (Å²) in [5, 5.41) is 18.6. The summed E-state index contributed by atoms with van der Waals surface area (Å²) in [4.78, 5) is 24.4. The van der Waals surface area contributed by atoms with Crippen LogP contribution in [0.25, 0.3) is 10.9 Å². The van der Waals surface area contributed by atoms with Crippen molar-refractivity contribution in [2.75, 3.05) is 0 Å². The van der Waals surface area contributed by atoms with E-state index in [2.05, 4.69) is 4.98 Å². The maximum atomic E-state index is 11.1. The number of carbonyl (C=O) groups is 1. The highest BCUT2D eigenvalue weighted by Gasteiger charge is 2.11. The largest absolute Gasteiger partial charge is 0.506 e. The van der Waals surface area contributed by atoms with E-state index >= 15 is 0 Å². The Morgan fingerprint density at radius 3 is 2.73 bits per heavy atom. The van der Waals surface area contributed by atoms with Gasteiger partial charge in [-0.25, -0.2) is 4.79 Å². The number of hydrogen-bond acceptors (Lipinski definition) is 3. The van der Waals surface area contributed by atoms with E-state index in [0.717, 1.165) is 6.07 Å². The number of rotatable bonds is 1. The van der Waals surface area contributed by atoms with Crippen LogP contribution in [0.3, 0.4) is 0 Å². The fraction of sp³-hybridized carbons (Fsp3) is 0. The van der Waals surface area contributed by atoms with Gasteiger partial charge in [-0.2, -0.15) is 0 Å². The van der Waals surface area contributed by atoms with Gasteiger partial charge >= 0.3 is 5.97 Å². The Kier molecular flexibility index (Phi) is 1.93. The van der Waals surface area contributed by atoms with Crippen molar-refractivity contribution in [2.24, 2.45) is 0 Å². The number of pyridine rings is 1. The lowest BCUT2D eigenvalue weighted by Gasteiger charge is -2.02. The molecule has 0 bridgehead atoms. The summed E-state index contributed by atoms with van der Waals surface area (Å²) >= 11 is 0. The number of aromatic hydroxyl groups is 1. The molecule has 0 aliphatic heterocycles. The van der Waals surface area contributed by atoms with Crippen molar-refractivity contribution in [2.45, 2.75) is 0 Å². The molecule has 5 heteroatoms. The first-order chi connectivity index (χ1) is 7.09. The molecule has 0 radical (unpaired) electrons. The molecule has 0 spiro atoms. The fourth-order valence-electron chi connectivity index (χ4n) is 1.44. The Labute approximate surface area is 83.6 Å². The van der Waals surface area contributed by atoms with Crippen LogP contribution in [0.4, 0.5) is 0 Å². The summed E-state index contributed by atoms with van der Waals surface area (Å²) in [6, 6.07) is 5.41. The van der Waals surface area contributed by atoms with Gasteiger partial charge in [0, 0.05) is 11.5 Å². The quantitative estimate of drug-likeness (QED) is 0.646. The minimum atomic E-state index is -1.20. The van der Waals surface area contributed by atoms with Gasteiger partial charge in [0.05, 0.1) is 11.1 Å². The van der Waals surface area contributed by atoms with E-state index in [0.29, 0.717) is 5.39 Å². The van der Waals surface area contributed by atoms with Crippen LogP contribution in [0.15, 0.2) is 29.1 Å². The van der Waals surface area contributed by atoms with Gasteiger partial charge in [-0.1, -0.05) is 12.1 Å². The average molecular weight is 205 g/mol. The van der Waals surface area contributed by atoms with Crippen LogP contribution in [0, 0.1) is 0 Å². The van der Waals surface area contributed by atoms with E-state index in [-0.39, 0.29) is 16.8 Å². The monoisotopic (exact) mass is 205 g/mol. The summed E-state index contributed by atoms with van der Waals surface area (Å²) in [5.41, 5.74) is -0.534. The fourth-order valence-corrected chi connectivity index (χ4v) is 1.44. The van der Waals surface area contributed by atoms with Crippen molar-refractivity contribution < 1.29 is 15.0 Å². The Morgan fingerprint density at radius 2 is 2.07 bits per heavy atom. The SMILES string of the molecule is O=C(O)c1cc(=O)[nH]c2c(O)cccc12. The van der Waals surface area contributed by atoms with E-state index < -0.39 is 11.5 Å². The van der Waals surface area contributed by atoms with E-state index in [4.69, 9.17) is 5.11 Å². The summed E-state index contributed by atoms with van der Waals surface area (Å²) < 4.78 is 0. The number of aromatic carboxylic acids is 1. The van der Waals surface area contributed by atoms with Crippen LogP contribution in [0.2, 0.25) is 0 Å². The molecule has 0 saturated heterocycles. The van der Waals surface area contributed by atoms with E-state index in [1.54, 1.807) is 0 Å². The minimum Gasteiger partial charge on any atom is -0.506 e. The van der Waals surface area contributed by atoms with Crippen LogP contribution < -0.4 is 5.56 Å². The van der Waals surface area contributed by atoms with Crippen LogP contribution in [0.1, 0.15) is 10.4 Å². The third kappa shape index (κ3) is 1.43. The zero-order chi connectivity index (χ0) is 11.0. The van der Waals surface area contributed by atoms with Crippen LogP contribution in [-0.4, -0.2) is 21.2 Å². The highest BCUT2D eigenvalue weighted by Crippen LogP contribution is 2.23. The van der Waals surface area contributed by atoms with Gasteiger partial charge in [-0.3, -0.25) is 4.79 Å². The molecule has 0 amide bonds. The van der Waals surface area contributed by atoms with E-state index in [9.17, 15) is 14.7 Å². The number of carboxylic acid groups (broad SMARTS) is 1. The molecule has 1 aromatic carbocycles. The molecule has 0 saturated carbocycles. The third-order valence-electron chi connectivity index (χ3n) is 2.09. The first kappa shape index (κ1) is 9.26. The second-order valence-corrected chi connectivity index (χ2v) is 3.05. The lowest BCUT2D eigenvalue weighted by atomic mass is 10.1. The second kappa shape index (κ2) is 3.13. The van der Waals surface area contributed by atoms with Crippen LogP contribution in [0.5, 0.6) is 5.75 Å².